The number of aliphatic hydroxyl groups is 1. The van der Waals surface area contributed by atoms with Gasteiger partial charge in [0.25, 0.3) is 5.91 Å². The summed E-state index contributed by atoms with van der Waals surface area (Å²) >= 11 is 4.18. The molecular formula is C23H39N3O4S. The molecule has 0 heterocycles. The second kappa shape index (κ2) is 14.5. The number of aliphatic carboxylic acids is 1. The number of carbonyl (C=O) groups is 2. The standard InChI is InChI=1S/C23H39N3O4S/c1-3-18(2)9-7-13-23(24,17-19-10-5-4-6-11-19)22(30)26(25-14-8-16-31)20(12-15-27)21(28)29/h4-6,10-11,18,20,25,27,31H,3,7-9,12-17,24H2,1-2H3,(H,28,29)/t18-,20+,23+/m0/s1. The van der Waals surface area contributed by atoms with Crippen molar-refractivity contribution in [2.75, 3.05) is 18.9 Å². The van der Waals surface area contributed by atoms with Gasteiger partial charge in [0.15, 0.2) is 0 Å². The fourth-order valence-electron chi connectivity index (χ4n) is 3.53. The lowest BCUT2D eigenvalue weighted by molar-refractivity contribution is -0.157. The SMILES string of the molecule is CC[C@H](C)CCC[C@@](N)(Cc1ccccc1)C(=O)N(NCCCS)[C@H](CCO)C(=O)O. The summed E-state index contributed by atoms with van der Waals surface area (Å²) in [4.78, 5) is 25.6. The average molecular weight is 454 g/mol. The fraction of sp³-hybridized carbons (Fsp3) is 0.652. The van der Waals surface area contributed by atoms with Crippen molar-refractivity contribution in [3.8, 4) is 0 Å². The molecule has 0 aliphatic carbocycles. The van der Waals surface area contributed by atoms with Crippen LogP contribution in [0.2, 0.25) is 0 Å². The van der Waals surface area contributed by atoms with E-state index in [9.17, 15) is 19.8 Å². The Morgan fingerprint density at radius 3 is 2.45 bits per heavy atom. The van der Waals surface area contributed by atoms with Crippen molar-refractivity contribution in [2.45, 2.75) is 70.4 Å². The van der Waals surface area contributed by atoms with E-state index in [1.807, 2.05) is 30.3 Å². The highest BCUT2D eigenvalue weighted by molar-refractivity contribution is 7.80. The Kier molecular flexibility index (Phi) is 12.8. The van der Waals surface area contributed by atoms with Gasteiger partial charge >= 0.3 is 5.97 Å². The maximum Gasteiger partial charge on any atom is 0.328 e. The van der Waals surface area contributed by atoms with Crippen LogP contribution in [0.15, 0.2) is 30.3 Å². The number of hydrazine groups is 1. The van der Waals surface area contributed by atoms with Crippen LogP contribution in [-0.2, 0) is 16.0 Å². The zero-order chi connectivity index (χ0) is 23.3. The third kappa shape index (κ3) is 9.19. The number of nitrogens with zero attached hydrogens (tertiary/aromatic N) is 1. The first-order chi connectivity index (χ1) is 14.8. The highest BCUT2D eigenvalue weighted by Gasteiger charge is 2.41. The zero-order valence-electron chi connectivity index (χ0n) is 18.8. The summed E-state index contributed by atoms with van der Waals surface area (Å²) < 4.78 is 0. The molecule has 1 aromatic rings. The van der Waals surface area contributed by atoms with Crippen LogP contribution in [0.25, 0.3) is 0 Å². The van der Waals surface area contributed by atoms with Crippen molar-refractivity contribution in [3.63, 3.8) is 0 Å². The van der Waals surface area contributed by atoms with Gasteiger partial charge in [-0.15, -0.1) is 0 Å². The average Bonchev–Trinajstić information content (AvgIpc) is 2.75. The smallest absolute Gasteiger partial charge is 0.328 e. The van der Waals surface area contributed by atoms with E-state index in [0.29, 0.717) is 37.5 Å². The number of carboxylic acids is 1. The molecule has 0 saturated carbocycles. The summed E-state index contributed by atoms with van der Waals surface area (Å²) in [6.45, 7) is 4.34. The molecule has 5 N–H and O–H groups in total. The minimum Gasteiger partial charge on any atom is -0.480 e. The summed E-state index contributed by atoms with van der Waals surface area (Å²) in [5.41, 5.74) is 9.35. The van der Waals surface area contributed by atoms with Gasteiger partial charge in [-0.1, -0.05) is 63.4 Å². The number of benzene rings is 1. The van der Waals surface area contributed by atoms with Crippen molar-refractivity contribution in [1.29, 1.82) is 0 Å². The fourth-order valence-corrected chi connectivity index (χ4v) is 3.69. The Hall–Kier alpha value is -1.61. The third-order valence-electron chi connectivity index (χ3n) is 5.64. The normalized spacial score (nSPS) is 15.1. The number of thiol groups is 1. The monoisotopic (exact) mass is 453 g/mol. The third-order valence-corrected chi connectivity index (χ3v) is 5.96. The Labute approximate surface area is 191 Å². The van der Waals surface area contributed by atoms with Gasteiger partial charge < -0.3 is 15.9 Å². The number of rotatable bonds is 16. The molecule has 8 heteroatoms. The second-order valence-electron chi connectivity index (χ2n) is 8.25. The molecule has 0 fully saturated rings. The number of nitrogens with one attached hydrogen (secondary N) is 1. The summed E-state index contributed by atoms with van der Waals surface area (Å²) in [6.07, 6.45) is 4.10. The van der Waals surface area contributed by atoms with E-state index >= 15 is 0 Å². The van der Waals surface area contributed by atoms with Crippen molar-refractivity contribution in [2.24, 2.45) is 11.7 Å². The zero-order valence-corrected chi connectivity index (χ0v) is 19.7. The summed E-state index contributed by atoms with van der Waals surface area (Å²) in [5.74, 6) is -0.510. The van der Waals surface area contributed by atoms with Gasteiger partial charge in [0.2, 0.25) is 0 Å². The summed E-state index contributed by atoms with van der Waals surface area (Å²) in [5, 5.41) is 20.2. The lowest BCUT2D eigenvalue weighted by atomic mass is 9.84. The van der Waals surface area contributed by atoms with Crippen molar-refractivity contribution < 1.29 is 19.8 Å². The number of carboxylic acid groups (broad SMARTS) is 1. The van der Waals surface area contributed by atoms with E-state index in [1.165, 1.54) is 0 Å². The molecule has 0 saturated heterocycles. The van der Waals surface area contributed by atoms with Gasteiger partial charge in [0.05, 0.1) is 0 Å². The molecular weight excluding hydrogens is 414 g/mol. The predicted octanol–water partition coefficient (Wildman–Crippen LogP) is 2.63. The van der Waals surface area contributed by atoms with Crippen LogP contribution >= 0.6 is 12.6 Å². The van der Waals surface area contributed by atoms with E-state index in [0.717, 1.165) is 29.8 Å². The minimum atomic E-state index is -1.26. The number of hydrogen-bond acceptors (Lipinski definition) is 6. The molecule has 0 aliphatic rings. The Morgan fingerprint density at radius 2 is 1.90 bits per heavy atom. The number of amides is 1. The Bertz CT molecular complexity index is 661. The molecule has 1 amide bonds. The molecule has 0 aromatic heterocycles. The quantitative estimate of drug-likeness (QED) is 0.149. The van der Waals surface area contributed by atoms with E-state index in [2.05, 4.69) is 31.9 Å². The van der Waals surface area contributed by atoms with Crippen LogP contribution in [0.3, 0.4) is 0 Å². The molecule has 1 aromatic carbocycles. The van der Waals surface area contributed by atoms with Crippen LogP contribution in [-0.4, -0.2) is 57.6 Å². The number of carbonyl (C=O) groups excluding carboxylic acids is 1. The molecule has 176 valence electrons. The van der Waals surface area contributed by atoms with Gasteiger partial charge in [-0.05, 0) is 36.5 Å². The number of aliphatic hydroxyl groups excluding tert-OH is 1. The van der Waals surface area contributed by atoms with Crippen molar-refractivity contribution in [3.05, 3.63) is 35.9 Å². The lowest BCUT2D eigenvalue weighted by Gasteiger charge is -2.38. The van der Waals surface area contributed by atoms with E-state index < -0.39 is 23.5 Å². The highest BCUT2D eigenvalue weighted by Crippen LogP contribution is 2.24. The van der Waals surface area contributed by atoms with Crippen LogP contribution in [0.1, 0.15) is 57.9 Å². The van der Waals surface area contributed by atoms with E-state index in [1.54, 1.807) is 0 Å². The van der Waals surface area contributed by atoms with Crippen LogP contribution in [0.4, 0.5) is 0 Å². The van der Waals surface area contributed by atoms with Gasteiger partial charge in [-0.3, -0.25) is 9.80 Å². The first-order valence-corrected chi connectivity index (χ1v) is 11.8. The van der Waals surface area contributed by atoms with Gasteiger partial charge in [0.1, 0.15) is 11.6 Å². The Morgan fingerprint density at radius 1 is 1.23 bits per heavy atom. The first-order valence-electron chi connectivity index (χ1n) is 11.1. The number of nitrogens with two attached hydrogens (primary N) is 1. The molecule has 0 radical (unpaired) electrons. The highest BCUT2D eigenvalue weighted by atomic mass is 32.1. The molecule has 0 bridgehead atoms. The van der Waals surface area contributed by atoms with Gasteiger partial charge in [-0.2, -0.15) is 12.6 Å². The van der Waals surface area contributed by atoms with Crippen LogP contribution in [0.5, 0.6) is 0 Å². The summed E-state index contributed by atoms with van der Waals surface area (Å²) in [7, 11) is 0. The lowest BCUT2D eigenvalue weighted by Crippen LogP contribution is -2.64. The maximum absolute atomic E-state index is 13.7. The molecule has 7 nitrogen and oxygen atoms in total. The molecule has 3 atom stereocenters. The molecule has 1 rings (SSSR count). The second-order valence-corrected chi connectivity index (χ2v) is 8.70. The van der Waals surface area contributed by atoms with Gasteiger partial charge in [-0.25, -0.2) is 10.2 Å². The van der Waals surface area contributed by atoms with E-state index in [4.69, 9.17) is 5.73 Å². The van der Waals surface area contributed by atoms with Crippen LogP contribution < -0.4 is 11.2 Å². The Balaban J connectivity index is 3.20. The number of hydrogen-bond donors (Lipinski definition) is 5. The minimum absolute atomic E-state index is 0.0801. The summed E-state index contributed by atoms with van der Waals surface area (Å²) in [6, 6.07) is 8.34. The van der Waals surface area contributed by atoms with Crippen LogP contribution in [0, 0.1) is 5.92 Å². The predicted molar refractivity (Wildman–Crippen MR) is 127 cm³/mol. The molecule has 0 unspecified atom stereocenters. The van der Waals surface area contributed by atoms with Gasteiger partial charge in [0, 0.05) is 19.6 Å². The van der Waals surface area contributed by atoms with Crippen molar-refractivity contribution in [1.82, 2.24) is 10.4 Å². The first kappa shape index (κ1) is 27.4. The topological polar surface area (TPSA) is 116 Å². The van der Waals surface area contributed by atoms with E-state index in [-0.39, 0.29) is 13.0 Å². The maximum atomic E-state index is 13.7. The molecule has 0 aliphatic heterocycles. The van der Waals surface area contributed by atoms with Crippen molar-refractivity contribution >= 4 is 24.5 Å². The molecule has 0 spiro atoms. The largest absolute Gasteiger partial charge is 0.480 e. The molecule has 31 heavy (non-hydrogen) atoms.